The molecule has 1 atom stereocenters. The van der Waals surface area contributed by atoms with Crippen LogP contribution in [0.5, 0.6) is 11.5 Å². The number of carbonyl (C=O) groups excluding carboxylic acids is 2. The highest BCUT2D eigenvalue weighted by Crippen LogP contribution is 2.29. The van der Waals surface area contributed by atoms with E-state index in [0.29, 0.717) is 17.2 Å². The molecule has 2 rings (SSSR count). The molecule has 1 unspecified atom stereocenters. The van der Waals surface area contributed by atoms with Gasteiger partial charge in [0, 0.05) is 12.1 Å². The lowest BCUT2D eigenvalue weighted by atomic mass is 10.2. The quantitative estimate of drug-likeness (QED) is 0.795. The average molecular weight is 357 g/mol. The SMILES string of the molecule is CCC(C)NC(=O)c1cccc(C(=O)Nc2cc(OC)ccc2OC)n1. The van der Waals surface area contributed by atoms with Crippen LogP contribution in [0.2, 0.25) is 0 Å². The van der Waals surface area contributed by atoms with Crippen LogP contribution in [0.15, 0.2) is 36.4 Å². The number of anilines is 1. The summed E-state index contributed by atoms with van der Waals surface area (Å²) in [5.41, 5.74) is 0.773. The van der Waals surface area contributed by atoms with Crippen molar-refractivity contribution >= 4 is 17.5 Å². The number of rotatable bonds is 7. The zero-order valence-electron chi connectivity index (χ0n) is 15.3. The Morgan fingerprint density at radius 1 is 1.08 bits per heavy atom. The van der Waals surface area contributed by atoms with Crippen LogP contribution in [0.4, 0.5) is 5.69 Å². The maximum absolute atomic E-state index is 12.5. The summed E-state index contributed by atoms with van der Waals surface area (Å²) in [6.07, 6.45) is 0.807. The summed E-state index contributed by atoms with van der Waals surface area (Å²) < 4.78 is 10.4. The summed E-state index contributed by atoms with van der Waals surface area (Å²) in [6, 6.07) is 9.84. The van der Waals surface area contributed by atoms with E-state index >= 15 is 0 Å². The molecule has 2 N–H and O–H groups in total. The highest BCUT2D eigenvalue weighted by Gasteiger charge is 2.15. The highest BCUT2D eigenvalue weighted by atomic mass is 16.5. The summed E-state index contributed by atoms with van der Waals surface area (Å²) in [6.45, 7) is 3.88. The Kier molecular flexibility index (Phi) is 6.54. The smallest absolute Gasteiger partial charge is 0.274 e. The number of nitrogens with zero attached hydrogens (tertiary/aromatic N) is 1. The first-order valence-electron chi connectivity index (χ1n) is 8.29. The van der Waals surface area contributed by atoms with Gasteiger partial charge in [0.1, 0.15) is 22.9 Å². The Bertz CT molecular complexity index is 792. The Labute approximate surface area is 152 Å². The van der Waals surface area contributed by atoms with E-state index < -0.39 is 5.91 Å². The number of ether oxygens (including phenoxy) is 2. The fourth-order valence-corrected chi connectivity index (χ4v) is 2.19. The van der Waals surface area contributed by atoms with Crippen LogP contribution in [0.3, 0.4) is 0 Å². The second-order valence-electron chi connectivity index (χ2n) is 5.71. The normalized spacial score (nSPS) is 11.4. The van der Waals surface area contributed by atoms with E-state index in [1.807, 2.05) is 13.8 Å². The highest BCUT2D eigenvalue weighted by molar-refractivity contribution is 6.04. The monoisotopic (exact) mass is 357 g/mol. The Morgan fingerprint density at radius 3 is 2.38 bits per heavy atom. The van der Waals surface area contributed by atoms with Crippen molar-refractivity contribution in [3.05, 3.63) is 47.8 Å². The molecule has 0 bridgehead atoms. The van der Waals surface area contributed by atoms with Gasteiger partial charge < -0.3 is 20.1 Å². The average Bonchev–Trinajstić information content (AvgIpc) is 2.67. The molecule has 0 aliphatic heterocycles. The maximum atomic E-state index is 12.5. The fourth-order valence-electron chi connectivity index (χ4n) is 2.19. The minimum atomic E-state index is -0.449. The topological polar surface area (TPSA) is 89.6 Å². The van der Waals surface area contributed by atoms with E-state index in [0.717, 1.165) is 6.42 Å². The van der Waals surface area contributed by atoms with Crippen LogP contribution >= 0.6 is 0 Å². The first-order valence-corrected chi connectivity index (χ1v) is 8.29. The zero-order chi connectivity index (χ0) is 19.1. The van der Waals surface area contributed by atoms with Gasteiger partial charge in [0.15, 0.2) is 0 Å². The van der Waals surface area contributed by atoms with Crippen molar-refractivity contribution in [2.75, 3.05) is 19.5 Å². The minimum Gasteiger partial charge on any atom is -0.497 e. The lowest BCUT2D eigenvalue weighted by Gasteiger charge is -2.13. The van der Waals surface area contributed by atoms with Gasteiger partial charge in [0.25, 0.3) is 11.8 Å². The van der Waals surface area contributed by atoms with Crippen LogP contribution in [-0.4, -0.2) is 37.1 Å². The van der Waals surface area contributed by atoms with Gasteiger partial charge in [-0.3, -0.25) is 9.59 Å². The standard InChI is InChI=1S/C19H23N3O4/c1-5-12(2)20-18(23)14-7-6-8-15(21-14)19(24)22-16-11-13(25-3)9-10-17(16)26-4/h6-12H,5H2,1-4H3,(H,20,23)(H,22,24). The maximum Gasteiger partial charge on any atom is 0.274 e. The molecule has 1 aromatic carbocycles. The summed E-state index contributed by atoms with van der Waals surface area (Å²) in [7, 11) is 3.05. The number of aromatic nitrogens is 1. The summed E-state index contributed by atoms with van der Waals surface area (Å²) in [5, 5.41) is 5.56. The molecule has 2 aromatic rings. The molecule has 0 fully saturated rings. The Balaban J connectivity index is 2.20. The van der Waals surface area contributed by atoms with Crippen molar-refractivity contribution in [1.29, 1.82) is 0 Å². The molecule has 1 heterocycles. The van der Waals surface area contributed by atoms with Crippen molar-refractivity contribution < 1.29 is 19.1 Å². The van der Waals surface area contributed by atoms with Crippen LogP contribution in [0.25, 0.3) is 0 Å². The van der Waals surface area contributed by atoms with Crippen LogP contribution < -0.4 is 20.1 Å². The number of nitrogens with one attached hydrogen (secondary N) is 2. The van der Waals surface area contributed by atoms with Crippen LogP contribution in [-0.2, 0) is 0 Å². The molecule has 0 aliphatic rings. The Morgan fingerprint density at radius 2 is 1.77 bits per heavy atom. The van der Waals surface area contributed by atoms with Gasteiger partial charge in [-0.15, -0.1) is 0 Å². The molecule has 2 amide bonds. The van der Waals surface area contributed by atoms with E-state index in [2.05, 4.69) is 15.6 Å². The van der Waals surface area contributed by atoms with Crippen LogP contribution in [0, 0.1) is 0 Å². The zero-order valence-corrected chi connectivity index (χ0v) is 15.3. The van der Waals surface area contributed by atoms with Gasteiger partial charge in [0.05, 0.1) is 19.9 Å². The minimum absolute atomic E-state index is 0.0304. The molecule has 0 radical (unpaired) electrons. The molecule has 7 heteroatoms. The van der Waals surface area contributed by atoms with Gasteiger partial charge in [-0.05, 0) is 37.6 Å². The van der Waals surface area contributed by atoms with Gasteiger partial charge >= 0.3 is 0 Å². The molecular formula is C19H23N3O4. The molecule has 26 heavy (non-hydrogen) atoms. The first kappa shape index (κ1) is 19.2. The predicted molar refractivity (Wildman–Crippen MR) is 99.0 cm³/mol. The number of carbonyl (C=O) groups is 2. The molecule has 1 aromatic heterocycles. The van der Waals surface area contributed by atoms with Gasteiger partial charge in [-0.1, -0.05) is 13.0 Å². The Hall–Kier alpha value is -3.09. The molecule has 0 spiro atoms. The number of benzene rings is 1. The van der Waals surface area contributed by atoms with Crippen molar-refractivity contribution in [2.24, 2.45) is 0 Å². The van der Waals surface area contributed by atoms with Crippen LogP contribution in [0.1, 0.15) is 41.2 Å². The van der Waals surface area contributed by atoms with E-state index in [-0.39, 0.29) is 23.3 Å². The van der Waals surface area contributed by atoms with E-state index in [1.165, 1.54) is 14.2 Å². The van der Waals surface area contributed by atoms with Gasteiger partial charge in [-0.25, -0.2) is 4.98 Å². The number of hydrogen-bond acceptors (Lipinski definition) is 5. The third kappa shape index (κ3) is 4.72. The summed E-state index contributed by atoms with van der Waals surface area (Å²) >= 11 is 0. The lowest BCUT2D eigenvalue weighted by Crippen LogP contribution is -2.32. The summed E-state index contributed by atoms with van der Waals surface area (Å²) in [4.78, 5) is 28.9. The predicted octanol–water partition coefficient (Wildman–Crippen LogP) is 2.88. The lowest BCUT2D eigenvalue weighted by molar-refractivity contribution is 0.0934. The van der Waals surface area contributed by atoms with Gasteiger partial charge in [-0.2, -0.15) is 0 Å². The van der Waals surface area contributed by atoms with Crippen molar-refractivity contribution in [3.63, 3.8) is 0 Å². The van der Waals surface area contributed by atoms with E-state index in [9.17, 15) is 9.59 Å². The number of methoxy groups -OCH3 is 2. The third-order valence-corrected chi connectivity index (χ3v) is 3.86. The number of pyridine rings is 1. The fraction of sp³-hybridized carbons (Fsp3) is 0.316. The summed E-state index contributed by atoms with van der Waals surface area (Å²) in [5.74, 6) is 0.309. The molecule has 0 aliphatic carbocycles. The largest absolute Gasteiger partial charge is 0.497 e. The second-order valence-corrected chi connectivity index (χ2v) is 5.71. The van der Waals surface area contributed by atoms with Crippen molar-refractivity contribution in [1.82, 2.24) is 10.3 Å². The van der Waals surface area contributed by atoms with E-state index in [1.54, 1.807) is 36.4 Å². The van der Waals surface area contributed by atoms with Gasteiger partial charge in [0.2, 0.25) is 0 Å². The molecule has 138 valence electrons. The third-order valence-electron chi connectivity index (χ3n) is 3.86. The first-order chi connectivity index (χ1) is 12.5. The number of hydrogen-bond donors (Lipinski definition) is 2. The number of amides is 2. The molecular weight excluding hydrogens is 334 g/mol. The molecule has 0 saturated carbocycles. The van der Waals surface area contributed by atoms with Crippen molar-refractivity contribution in [2.45, 2.75) is 26.3 Å². The second kappa shape index (κ2) is 8.84. The van der Waals surface area contributed by atoms with Crippen molar-refractivity contribution in [3.8, 4) is 11.5 Å². The van der Waals surface area contributed by atoms with E-state index in [4.69, 9.17) is 9.47 Å². The molecule has 0 saturated heterocycles. The molecule has 7 nitrogen and oxygen atoms in total.